The molecule has 2 heteroatoms. The molecule has 0 aliphatic rings. The first-order chi connectivity index (χ1) is 6.60. The average Bonchev–Trinajstić information content (AvgIpc) is 2.15. The SMILES string of the molecule is CCOC(=O)C#C[C@H](C)C[C@@H](C)CC. The third-order valence-electron chi connectivity index (χ3n) is 2.15. The van der Waals surface area contributed by atoms with E-state index in [9.17, 15) is 4.79 Å². The van der Waals surface area contributed by atoms with Crippen LogP contribution in [0.1, 0.15) is 40.5 Å². The van der Waals surface area contributed by atoms with E-state index in [4.69, 9.17) is 4.74 Å². The second-order valence-electron chi connectivity index (χ2n) is 3.64. The largest absolute Gasteiger partial charge is 0.456 e. The molecule has 80 valence electrons. The summed E-state index contributed by atoms with van der Waals surface area (Å²) in [5, 5.41) is 0. The summed E-state index contributed by atoms with van der Waals surface area (Å²) < 4.78 is 4.71. The predicted octanol–water partition coefficient (Wildman–Crippen LogP) is 2.63. The van der Waals surface area contributed by atoms with Crippen molar-refractivity contribution in [1.82, 2.24) is 0 Å². The Kier molecular flexibility index (Phi) is 6.92. The predicted molar refractivity (Wildman–Crippen MR) is 57.6 cm³/mol. The Bertz CT molecular complexity index is 222. The maximum Gasteiger partial charge on any atom is 0.384 e. The highest BCUT2D eigenvalue weighted by Crippen LogP contribution is 2.13. The van der Waals surface area contributed by atoms with Crippen molar-refractivity contribution >= 4 is 5.97 Å². The van der Waals surface area contributed by atoms with Gasteiger partial charge in [0.05, 0.1) is 6.61 Å². The number of esters is 1. The molecule has 0 rings (SSSR count). The quantitative estimate of drug-likeness (QED) is 0.392. The van der Waals surface area contributed by atoms with E-state index in [0.717, 1.165) is 12.8 Å². The summed E-state index contributed by atoms with van der Waals surface area (Å²) >= 11 is 0. The fourth-order valence-corrected chi connectivity index (χ4v) is 1.18. The Morgan fingerprint density at radius 2 is 2.00 bits per heavy atom. The van der Waals surface area contributed by atoms with Crippen molar-refractivity contribution in [3.63, 3.8) is 0 Å². The Hall–Kier alpha value is -0.970. The molecule has 0 unspecified atom stereocenters. The van der Waals surface area contributed by atoms with Crippen LogP contribution in [0.5, 0.6) is 0 Å². The van der Waals surface area contributed by atoms with Crippen LogP contribution in [0.25, 0.3) is 0 Å². The number of ether oxygens (including phenoxy) is 1. The van der Waals surface area contributed by atoms with E-state index < -0.39 is 5.97 Å². The van der Waals surface area contributed by atoms with Crippen LogP contribution in [0.4, 0.5) is 0 Å². The topological polar surface area (TPSA) is 26.3 Å². The van der Waals surface area contributed by atoms with Crippen molar-refractivity contribution in [2.24, 2.45) is 11.8 Å². The highest BCUT2D eigenvalue weighted by molar-refractivity contribution is 5.88. The van der Waals surface area contributed by atoms with Gasteiger partial charge in [0.1, 0.15) is 0 Å². The smallest absolute Gasteiger partial charge is 0.384 e. The normalized spacial score (nSPS) is 13.7. The van der Waals surface area contributed by atoms with Crippen molar-refractivity contribution in [2.45, 2.75) is 40.5 Å². The summed E-state index contributed by atoms with van der Waals surface area (Å²) in [6.45, 7) is 8.58. The van der Waals surface area contributed by atoms with Crippen LogP contribution in [0.2, 0.25) is 0 Å². The average molecular weight is 196 g/mol. The van der Waals surface area contributed by atoms with Gasteiger partial charge in [-0.1, -0.05) is 33.1 Å². The van der Waals surface area contributed by atoms with Crippen molar-refractivity contribution in [3.05, 3.63) is 0 Å². The molecule has 0 bridgehead atoms. The number of carbonyl (C=O) groups excluding carboxylic acids is 1. The maximum atomic E-state index is 10.9. The summed E-state index contributed by atoms with van der Waals surface area (Å²) in [4.78, 5) is 10.9. The first-order valence-corrected chi connectivity index (χ1v) is 5.28. The molecule has 0 radical (unpaired) electrons. The minimum Gasteiger partial charge on any atom is -0.456 e. The first-order valence-electron chi connectivity index (χ1n) is 5.28. The first kappa shape index (κ1) is 13.0. The number of hydrogen-bond donors (Lipinski definition) is 0. The van der Waals surface area contributed by atoms with Crippen LogP contribution in [-0.2, 0) is 9.53 Å². The third-order valence-corrected chi connectivity index (χ3v) is 2.15. The molecule has 14 heavy (non-hydrogen) atoms. The molecule has 0 spiro atoms. The zero-order valence-electron chi connectivity index (χ0n) is 9.59. The zero-order valence-corrected chi connectivity index (χ0v) is 9.59. The summed E-state index contributed by atoms with van der Waals surface area (Å²) in [5.41, 5.74) is 0. The summed E-state index contributed by atoms with van der Waals surface area (Å²) in [6, 6.07) is 0. The molecular formula is C12H20O2. The molecule has 0 fully saturated rings. The van der Waals surface area contributed by atoms with Gasteiger partial charge in [-0.05, 0) is 19.3 Å². The fraction of sp³-hybridized carbons (Fsp3) is 0.750. The summed E-state index contributed by atoms with van der Waals surface area (Å²) in [7, 11) is 0. The number of carbonyl (C=O) groups is 1. The minimum absolute atomic E-state index is 0.273. The molecule has 0 aliphatic carbocycles. The van der Waals surface area contributed by atoms with E-state index in [-0.39, 0.29) is 5.92 Å². The molecule has 0 N–H and O–H groups in total. The van der Waals surface area contributed by atoms with E-state index in [2.05, 4.69) is 25.7 Å². The molecule has 0 saturated carbocycles. The Morgan fingerprint density at radius 3 is 2.50 bits per heavy atom. The van der Waals surface area contributed by atoms with Crippen LogP contribution in [0, 0.1) is 23.7 Å². The van der Waals surface area contributed by atoms with Gasteiger partial charge in [-0.15, -0.1) is 0 Å². The van der Waals surface area contributed by atoms with Crippen molar-refractivity contribution < 1.29 is 9.53 Å². The number of hydrogen-bond acceptors (Lipinski definition) is 2. The van der Waals surface area contributed by atoms with E-state index in [1.807, 2.05) is 6.92 Å². The lowest BCUT2D eigenvalue weighted by Crippen LogP contribution is -2.03. The van der Waals surface area contributed by atoms with Gasteiger partial charge in [0, 0.05) is 11.8 Å². The highest BCUT2D eigenvalue weighted by Gasteiger charge is 2.04. The van der Waals surface area contributed by atoms with E-state index in [0.29, 0.717) is 12.5 Å². The minimum atomic E-state index is -0.413. The van der Waals surface area contributed by atoms with Crippen LogP contribution in [0.15, 0.2) is 0 Å². The molecule has 0 saturated heterocycles. The van der Waals surface area contributed by atoms with E-state index in [1.54, 1.807) is 6.92 Å². The standard InChI is InChI=1S/C12H20O2/c1-5-10(3)9-11(4)7-8-12(13)14-6-2/h10-11H,5-6,9H2,1-4H3/t10-,11-/m0/s1. The maximum absolute atomic E-state index is 10.9. The van der Waals surface area contributed by atoms with Crippen molar-refractivity contribution in [2.75, 3.05) is 6.61 Å². The number of rotatable bonds is 4. The summed E-state index contributed by atoms with van der Waals surface area (Å²) in [5.74, 6) is 5.94. The van der Waals surface area contributed by atoms with Crippen LogP contribution >= 0.6 is 0 Å². The molecule has 0 aromatic carbocycles. The second kappa shape index (κ2) is 7.44. The van der Waals surface area contributed by atoms with Gasteiger partial charge >= 0.3 is 5.97 Å². The Labute approximate surface area is 87.0 Å². The van der Waals surface area contributed by atoms with Crippen molar-refractivity contribution in [3.8, 4) is 11.8 Å². The van der Waals surface area contributed by atoms with Gasteiger partial charge < -0.3 is 4.74 Å². The van der Waals surface area contributed by atoms with E-state index in [1.165, 1.54) is 0 Å². The molecule has 0 heterocycles. The van der Waals surface area contributed by atoms with Gasteiger partial charge in [0.2, 0.25) is 0 Å². The van der Waals surface area contributed by atoms with Gasteiger partial charge in [-0.3, -0.25) is 0 Å². The highest BCUT2D eigenvalue weighted by atomic mass is 16.5. The van der Waals surface area contributed by atoms with Gasteiger partial charge in [0.25, 0.3) is 0 Å². The fourth-order valence-electron chi connectivity index (χ4n) is 1.18. The summed E-state index contributed by atoms with van der Waals surface area (Å²) in [6.07, 6.45) is 2.20. The van der Waals surface area contributed by atoms with Gasteiger partial charge in [0.15, 0.2) is 0 Å². The lowest BCUT2D eigenvalue weighted by atomic mass is 9.96. The van der Waals surface area contributed by atoms with Crippen molar-refractivity contribution in [1.29, 1.82) is 0 Å². The lowest BCUT2D eigenvalue weighted by Gasteiger charge is -2.09. The van der Waals surface area contributed by atoms with E-state index >= 15 is 0 Å². The lowest BCUT2D eigenvalue weighted by molar-refractivity contribution is -0.136. The van der Waals surface area contributed by atoms with Gasteiger partial charge in [-0.2, -0.15) is 0 Å². The molecule has 2 atom stereocenters. The van der Waals surface area contributed by atoms with Crippen LogP contribution in [-0.4, -0.2) is 12.6 Å². The second-order valence-corrected chi connectivity index (χ2v) is 3.64. The van der Waals surface area contributed by atoms with Gasteiger partial charge in [-0.25, -0.2) is 4.79 Å². The Balaban J connectivity index is 3.90. The third kappa shape index (κ3) is 6.54. The molecule has 0 aromatic heterocycles. The molecular weight excluding hydrogens is 176 g/mol. The van der Waals surface area contributed by atoms with Crippen LogP contribution < -0.4 is 0 Å². The Morgan fingerprint density at radius 1 is 1.36 bits per heavy atom. The molecule has 0 aromatic rings. The molecule has 2 nitrogen and oxygen atoms in total. The molecule has 0 amide bonds. The molecule has 0 aliphatic heterocycles. The monoisotopic (exact) mass is 196 g/mol. The zero-order chi connectivity index (χ0) is 11.0. The van der Waals surface area contributed by atoms with Crippen LogP contribution in [0.3, 0.4) is 0 Å².